The molecule has 0 spiro atoms. The molecule has 0 fully saturated rings. The van der Waals surface area contributed by atoms with E-state index in [0.717, 1.165) is 0 Å². The second kappa shape index (κ2) is 5.44. The minimum atomic E-state index is -0.910. The Morgan fingerprint density at radius 1 is 1.44 bits per heavy atom. The van der Waals surface area contributed by atoms with E-state index >= 15 is 0 Å². The summed E-state index contributed by atoms with van der Waals surface area (Å²) in [6.45, 7) is 7.36. The summed E-state index contributed by atoms with van der Waals surface area (Å²) in [5.41, 5.74) is 1.06. The number of likely N-dealkylation sites (N-methyl/N-ethyl adjacent to an activating group) is 1. The molecule has 0 radical (unpaired) electrons. The third kappa shape index (κ3) is 3.77. The molecule has 1 rings (SSSR count). The number of carbonyl (C=O) groups excluding carboxylic acids is 1. The van der Waals surface area contributed by atoms with Crippen molar-refractivity contribution in [2.24, 2.45) is 0 Å². The van der Waals surface area contributed by atoms with Crippen LogP contribution in [0.2, 0.25) is 0 Å². The molecule has 5 heteroatoms. The SMILES string of the molecule is CCc1nnc(C)cc1C(=O)N(C)CC(C)(C)O. The van der Waals surface area contributed by atoms with Crippen molar-refractivity contribution in [1.82, 2.24) is 15.1 Å². The van der Waals surface area contributed by atoms with Crippen molar-refractivity contribution >= 4 is 5.91 Å². The van der Waals surface area contributed by atoms with Crippen LogP contribution in [0, 0.1) is 6.92 Å². The first kappa shape index (κ1) is 14.6. The predicted octanol–water partition coefficient (Wildman–Crippen LogP) is 1.19. The summed E-state index contributed by atoms with van der Waals surface area (Å²) in [5, 5.41) is 17.7. The zero-order valence-electron chi connectivity index (χ0n) is 11.7. The molecule has 0 unspecified atom stereocenters. The summed E-state index contributed by atoms with van der Waals surface area (Å²) in [6.07, 6.45) is 0.657. The van der Waals surface area contributed by atoms with E-state index in [0.29, 0.717) is 23.4 Å². The van der Waals surface area contributed by atoms with Crippen molar-refractivity contribution in [3.8, 4) is 0 Å². The molecule has 0 aliphatic heterocycles. The molecule has 0 aliphatic rings. The van der Waals surface area contributed by atoms with Gasteiger partial charge in [0.2, 0.25) is 0 Å². The number of hydrogen-bond donors (Lipinski definition) is 1. The summed E-state index contributed by atoms with van der Waals surface area (Å²) in [6, 6.07) is 1.75. The number of rotatable bonds is 4. The fourth-order valence-corrected chi connectivity index (χ4v) is 1.82. The fourth-order valence-electron chi connectivity index (χ4n) is 1.82. The monoisotopic (exact) mass is 251 g/mol. The van der Waals surface area contributed by atoms with E-state index in [1.165, 1.54) is 4.90 Å². The smallest absolute Gasteiger partial charge is 0.255 e. The fraction of sp³-hybridized carbons (Fsp3) is 0.615. The van der Waals surface area contributed by atoms with E-state index in [9.17, 15) is 9.90 Å². The molecular formula is C13H21N3O2. The van der Waals surface area contributed by atoms with E-state index in [-0.39, 0.29) is 12.5 Å². The van der Waals surface area contributed by atoms with Crippen LogP contribution in [0.25, 0.3) is 0 Å². The van der Waals surface area contributed by atoms with Crippen molar-refractivity contribution in [2.75, 3.05) is 13.6 Å². The van der Waals surface area contributed by atoms with E-state index in [4.69, 9.17) is 0 Å². The quantitative estimate of drug-likeness (QED) is 0.873. The van der Waals surface area contributed by atoms with Crippen LogP contribution in [0.4, 0.5) is 0 Å². The lowest BCUT2D eigenvalue weighted by Gasteiger charge is -2.26. The summed E-state index contributed by atoms with van der Waals surface area (Å²) in [4.78, 5) is 13.8. The maximum absolute atomic E-state index is 12.3. The molecule has 1 heterocycles. The number of aromatic nitrogens is 2. The lowest BCUT2D eigenvalue weighted by molar-refractivity contribution is 0.0367. The molecule has 18 heavy (non-hydrogen) atoms. The summed E-state index contributed by atoms with van der Waals surface area (Å²) in [5.74, 6) is -0.132. The molecule has 0 aromatic carbocycles. The number of aryl methyl sites for hydroxylation is 2. The Morgan fingerprint density at radius 2 is 2.06 bits per heavy atom. The number of nitrogens with zero attached hydrogens (tertiary/aromatic N) is 3. The lowest BCUT2D eigenvalue weighted by atomic mass is 10.1. The highest BCUT2D eigenvalue weighted by molar-refractivity contribution is 5.95. The van der Waals surface area contributed by atoms with E-state index in [1.807, 2.05) is 6.92 Å². The third-order valence-corrected chi connectivity index (χ3v) is 2.53. The van der Waals surface area contributed by atoms with E-state index < -0.39 is 5.60 Å². The molecule has 1 aromatic heterocycles. The maximum Gasteiger partial charge on any atom is 0.255 e. The maximum atomic E-state index is 12.3. The van der Waals surface area contributed by atoms with Crippen molar-refractivity contribution < 1.29 is 9.90 Å². The highest BCUT2D eigenvalue weighted by Gasteiger charge is 2.22. The summed E-state index contributed by atoms with van der Waals surface area (Å²) in [7, 11) is 1.68. The normalized spacial score (nSPS) is 11.4. The Kier molecular flexibility index (Phi) is 4.40. The van der Waals surface area contributed by atoms with Gasteiger partial charge in [-0.2, -0.15) is 10.2 Å². The molecule has 5 nitrogen and oxygen atoms in total. The molecule has 1 amide bonds. The molecule has 1 N–H and O–H groups in total. The van der Waals surface area contributed by atoms with Gasteiger partial charge in [0, 0.05) is 13.6 Å². The van der Waals surface area contributed by atoms with Gasteiger partial charge in [0.05, 0.1) is 22.6 Å². The topological polar surface area (TPSA) is 66.3 Å². The second-order valence-electron chi connectivity index (χ2n) is 5.17. The van der Waals surface area contributed by atoms with Crippen LogP contribution in [-0.2, 0) is 6.42 Å². The molecule has 100 valence electrons. The Labute approximate surface area is 108 Å². The molecule has 1 aromatic rings. The van der Waals surface area contributed by atoms with Crippen LogP contribution in [0.3, 0.4) is 0 Å². The van der Waals surface area contributed by atoms with Crippen LogP contribution in [0.5, 0.6) is 0 Å². The first-order chi connectivity index (χ1) is 8.24. The molecule has 0 atom stereocenters. The first-order valence-electron chi connectivity index (χ1n) is 6.05. The zero-order chi connectivity index (χ0) is 13.9. The molecule has 0 aliphatic carbocycles. The van der Waals surface area contributed by atoms with Crippen molar-refractivity contribution in [3.05, 3.63) is 23.0 Å². The van der Waals surface area contributed by atoms with Gasteiger partial charge >= 0.3 is 0 Å². The van der Waals surface area contributed by atoms with Gasteiger partial charge in [0.25, 0.3) is 5.91 Å². The van der Waals surface area contributed by atoms with Crippen molar-refractivity contribution in [3.63, 3.8) is 0 Å². The predicted molar refractivity (Wildman–Crippen MR) is 69.4 cm³/mol. The first-order valence-corrected chi connectivity index (χ1v) is 6.05. The molecule has 0 saturated carbocycles. The number of carbonyl (C=O) groups is 1. The van der Waals surface area contributed by atoms with Crippen LogP contribution in [-0.4, -0.2) is 45.3 Å². The van der Waals surface area contributed by atoms with Crippen LogP contribution >= 0.6 is 0 Å². The second-order valence-corrected chi connectivity index (χ2v) is 5.17. The Bertz CT molecular complexity index is 438. The van der Waals surface area contributed by atoms with E-state index in [2.05, 4.69) is 10.2 Å². The average molecular weight is 251 g/mol. The average Bonchev–Trinajstić information content (AvgIpc) is 2.25. The van der Waals surface area contributed by atoms with Gasteiger partial charge < -0.3 is 10.0 Å². The summed E-state index contributed by atoms with van der Waals surface area (Å²) >= 11 is 0. The minimum absolute atomic E-state index is 0.132. The van der Waals surface area contributed by atoms with Crippen molar-refractivity contribution in [2.45, 2.75) is 39.7 Å². The van der Waals surface area contributed by atoms with Crippen LogP contribution in [0.1, 0.15) is 42.5 Å². The van der Waals surface area contributed by atoms with E-state index in [1.54, 1.807) is 33.9 Å². The Hall–Kier alpha value is -1.49. The van der Waals surface area contributed by atoms with Gasteiger partial charge in [-0.15, -0.1) is 0 Å². The molecule has 0 saturated heterocycles. The third-order valence-electron chi connectivity index (χ3n) is 2.53. The van der Waals surface area contributed by atoms with Crippen LogP contribution < -0.4 is 0 Å². The highest BCUT2D eigenvalue weighted by atomic mass is 16.3. The van der Waals surface area contributed by atoms with Crippen molar-refractivity contribution in [1.29, 1.82) is 0 Å². The molecule has 0 bridgehead atoms. The van der Waals surface area contributed by atoms with Gasteiger partial charge in [-0.25, -0.2) is 0 Å². The highest BCUT2D eigenvalue weighted by Crippen LogP contribution is 2.12. The van der Waals surface area contributed by atoms with Gasteiger partial charge in [0.15, 0.2) is 0 Å². The Balaban J connectivity index is 2.99. The zero-order valence-corrected chi connectivity index (χ0v) is 11.7. The molecular weight excluding hydrogens is 230 g/mol. The number of hydrogen-bond acceptors (Lipinski definition) is 4. The number of amides is 1. The lowest BCUT2D eigenvalue weighted by Crippen LogP contribution is -2.40. The Morgan fingerprint density at radius 3 is 2.56 bits per heavy atom. The van der Waals surface area contributed by atoms with Gasteiger partial charge in [-0.05, 0) is 33.3 Å². The standard InChI is InChI=1S/C13H21N3O2/c1-6-11-10(7-9(2)14-15-11)12(17)16(5)8-13(3,4)18/h7,18H,6,8H2,1-5H3. The van der Waals surface area contributed by atoms with Gasteiger partial charge in [-0.1, -0.05) is 6.92 Å². The largest absolute Gasteiger partial charge is 0.389 e. The minimum Gasteiger partial charge on any atom is -0.389 e. The number of aliphatic hydroxyl groups is 1. The summed E-state index contributed by atoms with van der Waals surface area (Å²) < 4.78 is 0. The van der Waals surface area contributed by atoms with Gasteiger partial charge in [-0.3, -0.25) is 4.79 Å². The van der Waals surface area contributed by atoms with Gasteiger partial charge in [0.1, 0.15) is 0 Å². The van der Waals surface area contributed by atoms with Crippen LogP contribution in [0.15, 0.2) is 6.07 Å².